The van der Waals surface area contributed by atoms with Gasteiger partial charge in [-0.3, -0.25) is 4.98 Å². The highest BCUT2D eigenvalue weighted by atomic mass is 14.6. The van der Waals surface area contributed by atoms with Crippen LogP contribution in [0, 0.1) is 6.92 Å². The number of nitrogens with zero attached hydrogens (tertiary/aromatic N) is 1. The number of hydrogen-bond donors (Lipinski definition) is 1. The van der Waals surface area contributed by atoms with E-state index in [2.05, 4.69) is 36.2 Å². The summed E-state index contributed by atoms with van der Waals surface area (Å²) in [6, 6.07) is 9.20. The van der Waals surface area contributed by atoms with Gasteiger partial charge in [0.15, 0.2) is 0 Å². The maximum Gasteiger partial charge on any atom is 0.0303 e. The summed E-state index contributed by atoms with van der Waals surface area (Å²) in [6.45, 7) is 2.11. The Hall–Kier alpha value is -1.67. The van der Waals surface area contributed by atoms with Crippen molar-refractivity contribution in [3.05, 3.63) is 53.3 Å². The number of nitrogens with two attached hydrogens (primary N) is 1. The summed E-state index contributed by atoms with van der Waals surface area (Å²) in [4.78, 5) is 4.15. The van der Waals surface area contributed by atoms with Crippen LogP contribution in [-0.4, -0.2) is 11.0 Å². The molecule has 3 rings (SSSR count). The molecule has 2 heteroatoms. The summed E-state index contributed by atoms with van der Waals surface area (Å²) in [5, 5.41) is 0. The largest absolute Gasteiger partial charge is 0.327 e. The molecule has 1 atom stereocenters. The van der Waals surface area contributed by atoms with Crippen molar-refractivity contribution in [3.8, 4) is 11.1 Å². The van der Waals surface area contributed by atoms with Crippen LogP contribution in [-0.2, 0) is 12.8 Å². The van der Waals surface area contributed by atoms with Crippen molar-refractivity contribution >= 4 is 0 Å². The number of pyridine rings is 1. The van der Waals surface area contributed by atoms with Crippen molar-refractivity contribution in [2.24, 2.45) is 5.73 Å². The van der Waals surface area contributed by atoms with Gasteiger partial charge in [0, 0.05) is 18.4 Å². The van der Waals surface area contributed by atoms with Gasteiger partial charge >= 0.3 is 0 Å². The van der Waals surface area contributed by atoms with Crippen LogP contribution < -0.4 is 5.73 Å². The van der Waals surface area contributed by atoms with E-state index in [1.54, 1.807) is 0 Å². The van der Waals surface area contributed by atoms with Crippen LogP contribution in [0.5, 0.6) is 0 Å². The molecule has 2 N–H and O–H groups in total. The fraction of sp³-hybridized carbons (Fsp3) is 0.312. The molecule has 0 bridgehead atoms. The second-order valence-corrected chi connectivity index (χ2v) is 5.18. The minimum atomic E-state index is 0.339. The normalized spacial score (nSPS) is 18.4. The quantitative estimate of drug-likeness (QED) is 0.829. The van der Waals surface area contributed by atoms with Crippen LogP contribution in [0.4, 0.5) is 0 Å². The Kier molecular flexibility index (Phi) is 2.88. The van der Waals surface area contributed by atoms with E-state index in [1.165, 1.54) is 27.8 Å². The van der Waals surface area contributed by atoms with Crippen LogP contribution in [0.15, 0.2) is 36.7 Å². The van der Waals surface area contributed by atoms with Gasteiger partial charge in [-0.1, -0.05) is 18.2 Å². The van der Waals surface area contributed by atoms with E-state index in [4.69, 9.17) is 5.73 Å². The Morgan fingerprint density at radius 3 is 2.94 bits per heavy atom. The summed E-state index contributed by atoms with van der Waals surface area (Å²) >= 11 is 0. The minimum Gasteiger partial charge on any atom is -0.327 e. The fourth-order valence-corrected chi connectivity index (χ4v) is 2.75. The van der Waals surface area contributed by atoms with Crippen LogP contribution in [0.2, 0.25) is 0 Å². The monoisotopic (exact) mass is 238 g/mol. The SMILES string of the molecule is Cc1cnccc1-c1ccc2c(c1)CCC(N)C2. The molecule has 1 heterocycles. The topological polar surface area (TPSA) is 38.9 Å². The molecule has 0 aliphatic heterocycles. The number of aromatic nitrogens is 1. The predicted molar refractivity (Wildman–Crippen MR) is 74.4 cm³/mol. The number of rotatable bonds is 1. The number of aryl methyl sites for hydroxylation is 2. The average Bonchev–Trinajstić information content (AvgIpc) is 2.39. The molecular weight excluding hydrogens is 220 g/mol. The summed E-state index contributed by atoms with van der Waals surface area (Å²) < 4.78 is 0. The second kappa shape index (κ2) is 4.54. The molecule has 2 nitrogen and oxygen atoms in total. The lowest BCUT2D eigenvalue weighted by atomic mass is 9.86. The lowest BCUT2D eigenvalue weighted by molar-refractivity contribution is 0.577. The second-order valence-electron chi connectivity index (χ2n) is 5.18. The molecule has 1 aromatic carbocycles. The van der Waals surface area contributed by atoms with E-state index in [1.807, 2.05) is 12.4 Å². The third kappa shape index (κ3) is 2.04. The number of benzene rings is 1. The minimum absolute atomic E-state index is 0.339. The Labute approximate surface area is 108 Å². The van der Waals surface area contributed by atoms with Crippen molar-refractivity contribution in [2.75, 3.05) is 0 Å². The maximum atomic E-state index is 6.01. The molecule has 0 fully saturated rings. The molecular formula is C16H18N2. The van der Waals surface area contributed by atoms with Crippen molar-refractivity contribution < 1.29 is 0 Å². The fourth-order valence-electron chi connectivity index (χ4n) is 2.75. The van der Waals surface area contributed by atoms with Gasteiger partial charge in [0.1, 0.15) is 0 Å². The van der Waals surface area contributed by atoms with Gasteiger partial charge in [0.25, 0.3) is 0 Å². The third-order valence-electron chi connectivity index (χ3n) is 3.80. The first-order valence-electron chi connectivity index (χ1n) is 6.52. The van der Waals surface area contributed by atoms with E-state index < -0.39 is 0 Å². The van der Waals surface area contributed by atoms with Gasteiger partial charge in [-0.25, -0.2) is 0 Å². The number of fused-ring (bicyclic) bond motifs is 1. The van der Waals surface area contributed by atoms with Crippen LogP contribution in [0.1, 0.15) is 23.1 Å². The molecule has 1 aromatic heterocycles. The van der Waals surface area contributed by atoms with E-state index in [0.717, 1.165) is 19.3 Å². The summed E-state index contributed by atoms with van der Waals surface area (Å²) in [5.74, 6) is 0. The first-order valence-corrected chi connectivity index (χ1v) is 6.52. The van der Waals surface area contributed by atoms with Crippen LogP contribution >= 0.6 is 0 Å². The molecule has 0 spiro atoms. The number of hydrogen-bond acceptors (Lipinski definition) is 2. The molecule has 92 valence electrons. The highest BCUT2D eigenvalue weighted by Crippen LogP contribution is 2.28. The Bertz CT molecular complexity index is 575. The molecule has 1 aliphatic rings. The lowest BCUT2D eigenvalue weighted by Gasteiger charge is -2.22. The molecule has 0 saturated carbocycles. The molecule has 1 unspecified atom stereocenters. The Morgan fingerprint density at radius 2 is 2.11 bits per heavy atom. The summed E-state index contributed by atoms with van der Waals surface area (Å²) in [6.07, 6.45) is 7.01. The van der Waals surface area contributed by atoms with Crippen molar-refractivity contribution in [1.29, 1.82) is 0 Å². The standard InChI is InChI=1S/C16H18N2/c1-11-10-18-7-6-16(11)14-3-2-13-9-15(17)5-4-12(13)8-14/h2-3,6-8,10,15H,4-5,9,17H2,1H3. The zero-order valence-corrected chi connectivity index (χ0v) is 10.7. The van der Waals surface area contributed by atoms with Gasteiger partial charge in [-0.15, -0.1) is 0 Å². The van der Waals surface area contributed by atoms with Crippen molar-refractivity contribution in [3.63, 3.8) is 0 Å². The van der Waals surface area contributed by atoms with Crippen LogP contribution in [0.3, 0.4) is 0 Å². The van der Waals surface area contributed by atoms with Crippen molar-refractivity contribution in [1.82, 2.24) is 4.98 Å². The highest BCUT2D eigenvalue weighted by molar-refractivity contribution is 5.67. The maximum absolute atomic E-state index is 6.01. The first-order chi connectivity index (χ1) is 8.74. The lowest BCUT2D eigenvalue weighted by Crippen LogP contribution is -2.27. The molecule has 0 saturated heterocycles. The Balaban J connectivity index is 2.03. The first kappa shape index (κ1) is 11.4. The van der Waals surface area contributed by atoms with Gasteiger partial charge < -0.3 is 5.73 Å². The molecule has 0 amide bonds. The molecule has 18 heavy (non-hydrogen) atoms. The molecule has 0 radical (unpaired) electrons. The Morgan fingerprint density at radius 1 is 1.22 bits per heavy atom. The highest BCUT2D eigenvalue weighted by Gasteiger charge is 2.16. The smallest absolute Gasteiger partial charge is 0.0303 e. The molecule has 2 aromatic rings. The van der Waals surface area contributed by atoms with E-state index in [9.17, 15) is 0 Å². The molecule has 1 aliphatic carbocycles. The van der Waals surface area contributed by atoms with E-state index in [0.29, 0.717) is 6.04 Å². The predicted octanol–water partition coefficient (Wildman–Crippen LogP) is 2.87. The van der Waals surface area contributed by atoms with Gasteiger partial charge in [-0.2, -0.15) is 0 Å². The summed E-state index contributed by atoms with van der Waals surface area (Å²) in [5.41, 5.74) is 12.7. The summed E-state index contributed by atoms with van der Waals surface area (Å²) in [7, 11) is 0. The van der Waals surface area contributed by atoms with Gasteiger partial charge in [0.2, 0.25) is 0 Å². The van der Waals surface area contributed by atoms with Gasteiger partial charge in [-0.05, 0) is 60.1 Å². The van der Waals surface area contributed by atoms with E-state index >= 15 is 0 Å². The third-order valence-corrected chi connectivity index (χ3v) is 3.80. The van der Waals surface area contributed by atoms with E-state index in [-0.39, 0.29) is 0 Å². The van der Waals surface area contributed by atoms with Gasteiger partial charge in [0.05, 0.1) is 0 Å². The zero-order valence-electron chi connectivity index (χ0n) is 10.7. The zero-order chi connectivity index (χ0) is 12.5. The average molecular weight is 238 g/mol. The van der Waals surface area contributed by atoms with Crippen molar-refractivity contribution in [2.45, 2.75) is 32.2 Å². The van der Waals surface area contributed by atoms with Crippen LogP contribution in [0.25, 0.3) is 11.1 Å².